The van der Waals surface area contributed by atoms with Crippen LogP contribution in [0.1, 0.15) is 24.1 Å². The Morgan fingerprint density at radius 2 is 2.07 bits per heavy atom. The molecule has 0 aliphatic heterocycles. The second kappa shape index (κ2) is 8.43. The lowest BCUT2D eigenvalue weighted by Crippen LogP contribution is -2.10. The maximum Gasteiger partial charge on any atom is 0.216 e. The highest BCUT2D eigenvalue weighted by molar-refractivity contribution is 9.10. The first kappa shape index (κ1) is 18.5. The van der Waals surface area contributed by atoms with E-state index in [1.54, 1.807) is 12.4 Å². The molecule has 6 nitrogen and oxygen atoms in total. The first-order valence-corrected chi connectivity index (χ1v) is 9.63. The lowest BCUT2D eigenvalue weighted by Gasteiger charge is -2.12. The standard InChI is InChI=1S/C20H17BrFN5O/c21-19-9-13(6-8-24-19)16(10-14-3-1-2-7-23-14)26-27-17-12-25-20(22)11-18(17)28-15-4-5-15/h1-3,6-9,11-12,15,27H,4-5,10H2. The summed E-state index contributed by atoms with van der Waals surface area (Å²) >= 11 is 3.39. The van der Waals surface area contributed by atoms with Gasteiger partial charge in [0.15, 0.2) is 5.75 Å². The van der Waals surface area contributed by atoms with E-state index >= 15 is 0 Å². The number of aromatic nitrogens is 3. The highest BCUT2D eigenvalue weighted by Crippen LogP contribution is 2.32. The molecule has 0 atom stereocenters. The summed E-state index contributed by atoms with van der Waals surface area (Å²) in [6.07, 6.45) is 7.43. The summed E-state index contributed by atoms with van der Waals surface area (Å²) in [5.41, 5.74) is 6.02. The van der Waals surface area contributed by atoms with Gasteiger partial charge in [-0.2, -0.15) is 9.49 Å². The Morgan fingerprint density at radius 1 is 1.18 bits per heavy atom. The van der Waals surface area contributed by atoms with Gasteiger partial charge in [0.05, 0.1) is 18.0 Å². The van der Waals surface area contributed by atoms with Crippen molar-refractivity contribution in [3.05, 3.63) is 76.8 Å². The second-order valence-electron chi connectivity index (χ2n) is 6.36. The SMILES string of the molecule is Fc1cc(OC2CC2)c(NN=C(Cc2ccccn2)c2ccnc(Br)c2)cn1. The highest BCUT2D eigenvalue weighted by atomic mass is 79.9. The summed E-state index contributed by atoms with van der Waals surface area (Å²) in [6.45, 7) is 0. The molecule has 0 radical (unpaired) electrons. The molecule has 1 aliphatic rings. The fourth-order valence-corrected chi connectivity index (χ4v) is 2.91. The van der Waals surface area contributed by atoms with Gasteiger partial charge in [0, 0.05) is 36.1 Å². The first-order valence-electron chi connectivity index (χ1n) is 8.84. The van der Waals surface area contributed by atoms with Crippen molar-refractivity contribution in [3.8, 4) is 5.75 Å². The van der Waals surface area contributed by atoms with E-state index < -0.39 is 5.95 Å². The molecule has 142 valence electrons. The van der Waals surface area contributed by atoms with Gasteiger partial charge in [-0.25, -0.2) is 9.97 Å². The number of ether oxygens (including phenoxy) is 1. The van der Waals surface area contributed by atoms with Crippen LogP contribution in [0.2, 0.25) is 0 Å². The minimum Gasteiger partial charge on any atom is -0.488 e. The minimum atomic E-state index is -0.586. The molecule has 8 heteroatoms. The van der Waals surface area contributed by atoms with Gasteiger partial charge in [0.2, 0.25) is 5.95 Å². The van der Waals surface area contributed by atoms with Crippen molar-refractivity contribution in [1.82, 2.24) is 15.0 Å². The molecular formula is C20H17BrFN5O. The van der Waals surface area contributed by atoms with Crippen molar-refractivity contribution in [2.75, 3.05) is 5.43 Å². The molecule has 1 fully saturated rings. The summed E-state index contributed by atoms with van der Waals surface area (Å²) < 4.78 is 20.0. The van der Waals surface area contributed by atoms with Gasteiger partial charge in [-0.05, 0) is 53.0 Å². The lowest BCUT2D eigenvalue weighted by atomic mass is 10.1. The van der Waals surface area contributed by atoms with Crippen LogP contribution in [0.3, 0.4) is 0 Å². The van der Waals surface area contributed by atoms with Crippen molar-refractivity contribution in [2.24, 2.45) is 5.10 Å². The molecule has 3 heterocycles. The lowest BCUT2D eigenvalue weighted by molar-refractivity contribution is 0.302. The zero-order valence-electron chi connectivity index (χ0n) is 14.8. The topological polar surface area (TPSA) is 72.3 Å². The Balaban J connectivity index is 1.63. The maximum atomic E-state index is 13.5. The van der Waals surface area contributed by atoms with Crippen LogP contribution >= 0.6 is 15.9 Å². The van der Waals surface area contributed by atoms with E-state index in [2.05, 4.69) is 41.4 Å². The third kappa shape index (κ3) is 4.89. The number of pyridine rings is 3. The highest BCUT2D eigenvalue weighted by Gasteiger charge is 2.25. The molecule has 0 aromatic carbocycles. The predicted molar refractivity (Wildman–Crippen MR) is 108 cm³/mol. The average molecular weight is 442 g/mol. The van der Waals surface area contributed by atoms with E-state index in [-0.39, 0.29) is 6.10 Å². The average Bonchev–Trinajstić information content (AvgIpc) is 3.51. The number of anilines is 1. The summed E-state index contributed by atoms with van der Waals surface area (Å²) in [7, 11) is 0. The van der Waals surface area contributed by atoms with E-state index in [9.17, 15) is 4.39 Å². The number of hydrogen-bond donors (Lipinski definition) is 1. The predicted octanol–water partition coefficient (Wildman–Crippen LogP) is 4.37. The van der Waals surface area contributed by atoms with E-state index in [0.717, 1.165) is 29.8 Å². The summed E-state index contributed by atoms with van der Waals surface area (Å²) in [6, 6.07) is 10.8. The van der Waals surface area contributed by atoms with Gasteiger partial charge in [0.1, 0.15) is 10.3 Å². The normalized spacial score (nSPS) is 14.0. The number of nitrogens with zero attached hydrogens (tertiary/aromatic N) is 4. The molecule has 0 spiro atoms. The van der Waals surface area contributed by atoms with Gasteiger partial charge < -0.3 is 4.74 Å². The fraction of sp³-hybridized carbons (Fsp3) is 0.200. The van der Waals surface area contributed by atoms with Crippen molar-refractivity contribution in [3.63, 3.8) is 0 Å². The van der Waals surface area contributed by atoms with Crippen LogP contribution in [-0.2, 0) is 6.42 Å². The molecule has 0 saturated heterocycles. The number of hydrogen-bond acceptors (Lipinski definition) is 6. The molecule has 1 saturated carbocycles. The van der Waals surface area contributed by atoms with E-state index in [1.807, 2.05) is 30.3 Å². The largest absolute Gasteiger partial charge is 0.488 e. The van der Waals surface area contributed by atoms with Crippen molar-refractivity contribution >= 4 is 27.3 Å². The summed E-state index contributed by atoms with van der Waals surface area (Å²) in [4.78, 5) is 12.2. The zero-order chi connectivity index (χ0) is 19.3. The van der Waals surface area contributed by atoms with Gasteiger partial charge in [0.25, 0.3) is 0 Å². The van der Waals surface area contributed by atoms with Crippen LogP contribution in [0.15, 0.2) is 64.7 Å². The Labute approximate surface area is 170 Å². The molecule has 0 bridgehead atoms. The molecule has 1 N–H and O–H groups in total. The molecule has 0 unspecified atom stereocenters. The van der Waals surface area contributed by atoms with Crippen molar-refractivity contribution in [2.45, 2.75) is 25.4 Å². The van der Waals surface area contributed by atoms with E-state index in [4.69, 9.17) is 4.74 Å². The van der Waals surface area contributed by atoms with Crippen LogP contribution in [0.25, 0.3) is 0 Å². The number of hydrazone groups is 1. The number of nitrogens with one attached hydrogen (secondary N) is 1. The van der Waals surface area contributed by atoms with Crippen LogP contribution in [-0.4, -0.2) is 26.8 Å². The number of halogens is 2. The number of rotatable bonds is 7. The Morgan fingerprint density at radius 3 is 2.82 bits per heavy atom. The molecule has 0 amide bonds. The Bertz CT molecular complexity index is 995. The van der Waals surface area contributed by atoms with Gasteiger partial charge in [-0.1, -0.05) is 6.07 Å². The summed E-state index contributed by atoms with van der Waals surface area (Å²) in [5, 5.41) is 4.55. The summed E-state index contributed by atoms with van der Waals surface area (Å²) in [5.74, 6) is -0.177. The molecular weight excluding hydrogens is 425 g/mol. The molecule has 3 aromatic rings. The smallest absolute Gasteiger partial charge is 0.216 e. The third-order valence-electron chi connectivity index (χ3n) is 4.10. The Hall–Kier alpha value is -2.87. The van der Waals surface area contributed by atoms with Gasteiger partial charge >= 0.3 is 0 Å². The zero-order valence-corrected chi connectivity index (χ0v) is 16.4. The molecule has 4 rings (SSSR count). The molecule has 1 aliphatic carbocycles. The van der Waals surface area contributed by atoms with Crippen molar-refractivity contribution in [1.29, 1.82) is 0 Å². The van der Waals surface area contributed by atoms with Crippen molar-refractivity contribution < 1.29 is 9.13 Å². The second-order valence-corrected chi connectivity index (χ2v) is 7.17. The molecule has 3 aromatic heterocycles. The van der Waals surface area contributed by atoms with Crippen LogP contribution in [0.5, 0.6) is 5.75 Å². The fourth-order valence-electron chi connectivity index (χ4n) is 2.55. The monoisotopic (exact) mass is 441 g/mol. The van der Waals surface area contributed by atoms with Gasteiger partial charge in [-0.15, -0.1) is 0 Å². The molecule has 28 heavy (non-hydrogen) atoms. The van der Waals surface area contributed by atoms with Crippen LogP contribution < -0.4 is 10.2 Å². The Kier molecular flexibility index (Phi) is 5.57. The van der Waals surface area contributed by atoms with Gasteiger partial charge in [-0.3, -0.25) is 10.4 Å². The van der Waals surface area contributed by atoms with Crippen LogP contribution in [0.4, 0.5) is 10.1 Å². The maximum absolute atomic E-state index is 13.5. The quantitative estimate of drug-likeness (QED) is 0.334. The van der Waals surface area contributed by atoms with Crippen LogP contribution in [0, 0.1) is 5.95 Å². The van der Waals surface area contributed by atoms with E-state index in [0.29, 0.717) is 22.5 Å². The van der Waals surface area contributed by atoms with E-state index in [1.165, 1.54) is 12.3 Å². The first-order chi connectivity index (χ1) is 13.7. The third-order valence-corrected chi connectivity index (χ3v) is 4.53. The minimum absolute atomic E-state index is 0.135.